The highest BCUT2D eigenvalue weighted by atomic mass is 19.1. The Bertz CT molecular complexity index is 791. The zero-order chi connectivity index (χ0) is 17.8. The lowest BCUT2D eigenvalue weighted by atomic mass is 9.91. The molecule has 0 radical (unpaired) electrons. The van der Waals surface area contributed by atoms with Gasteiger partial charge in [0.05, 0.1) is 0 Å². The van der Waals surface area contributed by atoms with E-state index in [4.69, 9.17) is 0 Å². The maximum atomic E-state index is 13.4. The summed E-state index contributed by atoms with van der Waals surface area (Å²) in [5, 5.41) is 10.4. The summed E-state index contributed by atoms with van der Waals surface area (Å²) in [6.45, 7) is 5.14. The fraction of sp³-hybridized carbons (Fsp3) is 0.316. The molecule has 1 aromatic heterocycles. The molecule has 3 rings (SSSR count). The van der Waals surface area contributed by atoms with Gasteiger partial charge in [-0.1, -0.05) is 24.6 Å². The van der Waals surface area contributed by atoms with E-state index >= 15 is 0 Å². The van der Waals surface area contributed by atoms with Crippen LogP contribution in [-0.4, -0.2) is 34.2 Å². The Morgan fingerprint density at radius 1 is 1.40 bits per heavy atom. The number of aryl methyl sites for hydroxylation is 1. The molecule has 2 heterocycles. The highest BCUT2D eigenvalue weighted by Gasteiger charge is 2.24. The molecule has 1 aromatic carbocycles. The summed E-state index contributed by atoms with van der Waals surface area (Å²) in [5.74, 6) is 0.501. The lowest BCUT2D eigenvalue weighted by molar-refractivity contribution is 0.197. The first-order chi connectivity index (χ1) is 12.0. The van der Waals surface area contributed by atoms with E-state index in [-0.39, 0.29) is 17.8 Å². The van der Waals surface area contributed by atoms with Crippen LogP contribution in [0.3, 0.4) is 0 Å². The van der Waals surface area contributed by atoms with Crippen molar-refractivity contribution in [3.8, 4) is 0 Å². The molecule has 5 nitrogen and oxygen atoms in total. The summed E-state index contributed by atoms with van der Waals surface area (Å²) >= 11 is 0. The van der Waals surface area contributed by atoms with Crippen LogP contribution < -0.4 is 5.32 Å². The van der Waals surface area contributed by atoms with Gasteiger partial charge in [-0.25, -0.2) is 9.18 Å². The number of urea groups is 1. The molecule has 0 spiro atoms. The monoisotopic (exact) mass is 340 g/mol. The molecule has 0 bridgehead atoms. The van der Waals surface area contributed by atoms with Crippen LogP contribution in [0.4, 0.5) is 15.0 Å². The zero-order valence-corrected chi connectivity index (χ0v) is 14.4. The van der Waals surface area contributed by atoms with Crippen molar-refractivity contribution in [2.75, 3.05) is 18.4 Å². The second kappa shape index (κ2) is 7.42. The number of hydrogen-bond acceptors (Lipinski definition) is 3. The van der Waals surface area contributed by atoms with Gasteiger partial charge in [-0.15, -0.1) is 5.10 Å². The first-order valence-corrected chi connectivity index (χ1v) is 8.33. The molecule has 2 amide bonds. The van der Waals surface area contributed by atoms with Crippen LogP contribution in [-0.2, 0) is 0 Å². The Morgan fingerprint density at radius 2 is 2.24 bits per heavy atom. The van der Waals surface area contributed by atoms with Crippen molar-refractivity contribution >= 4 is 17.9 Å². The summed E-state index contributed by atoms with van der Waals surface area (Å²) in [7, 11) is 0. The van der Waals surface area contributed by atoms with Gasteiger partial charge in [0.1, 0.15) is 5.82 Å². The molecule has 25 heavy (non-hydrogen) atoms. The van der Waals surface area contributed by atoms with Gasteiger partial charge in [-0.3, -0.25) is 5.32 Å². The van der Waals surface area contributed by atoms with E-state index in [1.807, 2.05) is 6.07 Å². The maximum Gasteiger partial charge on any atom is 0.323 e. The van der Waals surface area contributed by atoms with Crippen LogP contribution in [0.5, 0.6) is 0 Å². The number of hydrogen-bond donors (Lipinski definition) is 1. The van der Waals surface area contributed by atoms with E-state index in [0.717, 1.165) is 12.0 Å². The van der Waals surface area contributed by atoms with Crippen LogP contribution in [0, 0.1) is 18.7 Å². The molecule has 0 saturated carbocycles. The standard InChI is InChI=1S/C19H21FN4O/c1-13-10-15(5-6-17(13)20)11-16-7-9-24(12-14(16)2)19(25)22-18-4-3-8-21-23-18/h3-6,8,10-11,14H,7,9,12H2,1-2H3,(H,22,23,25)/b16-11+. The lowest BCUT2D eigenvalue weighted by Gasteiger charge is -2.33. The number of likely N-dealkylation sites (tertiary alicyclic amines) is 1. The fourth-order valence-corrected chi connectivity index (χ4v) is 2.98. The average Bonchev–Trinajstić information content (AvgIpc) is 2.60. The number of carbonyl (C=O) groups is 1. The van der Waals surface area contributed by atoms with Crippen LogP contribution in [0.15, 0.2) is 42.1 Å². The van der Waals surface area contributed by atoms with E-state index in [0.29, 0.717) is 24.5 Å². The highest BCUT2D eigenvalue weighted by Crippen LogP contribution is 2.25. The minimum Gasteiger partial charge on any atom is -0.324 e. The number of nitrogens with zero attached hydrogens (tertiary/aromatic N) is 3. The topological polar surface area (TPSA) is 58.1 Å². The third kappa shape index (κ3) is 4.21. The smallest absolute Gasteiger partial charge is 0.323 e. The van der Waals surface area contributed by atoms with Crippen molar-refractivity contribution in [2.45, 2.75) is 20.3 Å². The summed E-state index contributed by atoms with van der Waals surface area (Å²) in [4.78, 5) is 14.1. The summed E-state index contributed by atoms with van der Waals surface area (Å²) in [5.41, 5.74) is 2.91. The lowest BCUT2D eigenvalue weighted by Crippen LogP contribution is -2.42. The molecule has 1 aliphatic heterocycles. The Balaban J connectivity index is 1.64. The Labute approximate surface area is 146 Å². The van der Waals surface area contributed by atoms with Gasteiger partial charge >= 0.3 is 6.03 Å². The molecule has 1 fully saturated rings. The molecule has 1 unspecified atom stereocenters. The number of anilines is 1. The zero-order valence-electron chi connectivity index (χ0n) is 14.4. The first kappa shape index (κ1) is 17.1. The van der Waals surface area contributed by atoms with Gasteiger partial charge in [0, 0.05) is 19.3 Å². The molecule has 6 heteroatoms. The van der Waals surface area contributed by atoms with Crippen molar-refractivity contribution in [1.82, 2.24) is 15.1 Å². The van der Waals surface area contributed by atoms with Crippen molar-refractivity contribution < 1.29 is 9.18 Å². The van der Waals surface area contributed by atoms with Crippen LogP contribution >= 0.6 is 0 Å². The van der Waals surface area contributed by atoms with E-state index < -0.39 is 0 Å². The quantitative estimate of drug-likeness (QED) is 0.902. The van der Waals surface area contributed by atoms with E-state index in [1.54, 1.807) is 36.2 Å². The molecule has 1 atom stereocenters. The predicted octanol–water partition coefficient (Wildman–Crippen LogP) is 3.88. The van der Waals surface area contributed by atoms with E-state index in [1.165, 1.54) is 11.6 Å². The number of amides is 2. The second-order valence-corrected chi connectivity index (χ2v) is 6.36. The molecule has 130 valence electrons. The fourth-order valence-electron chi connectivity index (χ4n) is 2.98. The summed E-state index contributed by atoms with van der Waals surface area (Å²) in [6, 6.07) is 8.41. The summed E-state index contributed by atoms with van der Waals surface area (Å²) in [6.07, 6.45) is 4.47. The third-order valence-electron chi connectivity index (χ3n) is 4.43. The SMILES string of the molecule is Cc1cc(/C=C2\CCN(C(=O)Nc3cccnn3)CC2C)ccc1F. The Hall–Kier alpha value is -2.76. The van der Waals surface area contributed by atoms with Crippen LogP contribution in [0.1, 0.15) is 24.5 Å². The van der Waals surface area contributed by atoms with E-state index in [9.17, 15) is 9.18 Å². The predicted molar refractivity (Wildman–Crippen MR) is 95.5 cm³/mol. The Morgan fingerprint density at radius 3 is 2.92 bits per heavy atom. The molecule has 1 saturated heterocycles. The molecule has 1 aliphatic rings. The number of carbonyl (C=O) groups excluding carboxylic acids is 1. The number of rotatable bonds is 2. The van der Waals surface area contributed by atoms with Gasteiger partial charge in [0.15, 0.2) is 5.82 Å². The molecule has 0 aliphatic carbocycles. The summed E-state index contributed by atoms with van der Waals surface area (Å²) < 4.78 is 13.4. The molecular weight excluding hydrogens is 319 g/mol. The number of nitrogens with one attached hydrogen (secondary N) is 1. The van der Waals surface area contributed by atoms with Crippen LogP contribution in [0.2, 0.25) is 0 Å². The number of aromatic nitrogens is 2. The van der Waals surface area contributed by atoms with E-state index in [2.05, 4.69) is 28.5 Å². The van der Waals surface area contributed by atoms with Gasteiger partial charge in [0.2, 0.25) is 0 Å². The first-order valence-electron chi connectivity index (χ1n) is 8.33. The minimum absolute atomic E-state index is 0.163. The van der Waals surface area contributed by atoms with Crippen molar-refractivity contribution in [2.24, 2.45) is 5.92 Å². The highest BCUT2D eigenvalue weighted by molar-refractivity contribution is 5.88. The van der Waals surface area contributed by atoms with Crippen molar-refractivity contribution in [3.63, 3.8) is 0 Å². The largest absolute Gasteiger partial charge is 0.324 e. The van der Waals surface area contributed by atoms with Gasteiger partial charge < -0.3 is 4.90 Å². The second-order valence-electron chi connectivity index (χ2n) is 6.36. The molecule has 1 N–H and O–H groups in total. The molecular formula is C19H21FN4O. The van der Waals surface area contributed by atoms with Crippen molar-refractivity contribution in [1.29, 1.82) is 0 Å². The molecule has 2 aromatic rings. The van der Waals surface area contributed by atoms with Crippen LogP contribution in [0.25, 0.3) is 6.08 Å². The third-order valence-corrected chi connectivity index (χ3v) is 4.43. The average molecular weight is 340 g/mol. The maximum absolute atomic E-state index is 13.4. The normalized spacial score (nSPS) is 19.1. The van der Waals surface area contributed by atoms with Gasteiger partial charge in [-0.2, -0.15) is 5.10 Å². The number of piperidine rings is 1. The number of benzene rings is 1. The van der Waals surface area contributed by atoms with Gasteiger partial charge in [0.25, 0.3) is 0 Å². The van der Waals surface area contributed by atoms with Crippen molar-refractivity contribution in [3.05, 3.63) is 59.0 Å². The van der Waals surface area contributed by atoms with Gasteiger partial charge in [-0.05, 0) is 54.7 Å². The number of halogens is 1. The Kier molecular flexibility index (Phi) is 5.07. The minimum atomic E-state index is -0.189.